The van der Waals surface area contributed by atoms with E-state index in [0.29, 0.717) is 31.4 Å². The molecule has 0 aliphatic carbocycles. The number of amides is 2. The minimum atomic E-state index is -4.91. The van der Waals surface area contributed by atoms with E-state index in [2.05, 4.69) is 52.7 Å². The Morgan fingerprint density at radius 1 is 1.12 bits per heavy atom. The summed E-state index contributed by atoms with van der Waals surface area (Å²) < 4.78 is 49.2. The lowest BCUT2D eigenvalue weighted by Crippen LogP contribution is -2.39. The number of hydrogen-bond acceptors (Lipinski definition) is 9. The van der Waals surface area contributed by atoms with E-state index in [9.17, 15) is 28.0 Å². The third-order valence-electron chi connectivity index (χ3n) is 6.72. The molecule has 4 aromatic rings. The highest BCUT2D eigenvalue weighted by Crippen LogP contribution is 2.36. The summed E-state index contributed by atoms with van der Waals surface area (Å²) in [5.41, 5.74) is 3.14. The van der Waals surface area contributed by atoms with Crippen LogP contribution in [0, 0.1) is 11.3 Å². The number of aromatic nitrogens is 4. The average Bonchev–Trinajstić information content (AvgIpc) is 3.46. The molecular weight excluding hydrogens is 799 g/mol. The van der Waals surface area contributed by atoms with E-state index in [1.165, 1.54) is 17.0 Å². The Hall–Kier alpha value is -3.94. The fraction of sp³-hybridized carbons (Fsp3) is 0.355. The quantitative estimate of drug-likeness (QED) is 0.0797. The number of hydrogen-bond donors (Lipinski definition) is 2. The van der Waals surface area contributed by atoms with E-state index in [1.54, 1.807) is 39.2 Å². The van der Waals surface area contributed by atoms with E-state index in [0.717, 1.165) is 33.8 Å². The fourth-order valence-corrected chi connectivity index (χ4v) is 6.35. The van der Waals surface area contributed by atoms with Gasteiger partial charge in [0, 0.05) is 49.2 Å². The molecule has 4 rings (SSSR count). The van der Waals surface area contributed by atoms with Crippen molar-refractivity contribution < 1.29 is 32.2 Å². The first-order valence-electron chi connectivity index (χ1n) is 14.8. The molecular formula is C31H32ClF3IN8O4P. The van der Waals surface area contributed by atoms with Gasteiger partial charge in [-0.15, -0.1) is 18.3 Å². The van der Waals surface area contributed by atoms with Crippen molar-refractivity contribution >= 4 is 68.6 Å². The molecule has 0 saturated heterocycles. The lowest BCUT2D eigenvalue weighted by molar-refractivity contribution is -0.274. The van der Waals surface area contributed by atoms with Crippen molar-refractivity contribution in [3.8, 4) is 22.9 Å². The molecule has 2 amide bonds. The second-order valence-corrected chi connectivity index (χ2v) is 14.1. The van der Waals surface area contributed by atoms with Crippen molar-refractivity contribution in [2.24, 2.45) is 0 Å². The predicted molar refractivity (Wildman–Crippen MR) is 189 cm³/mol. The first-order valence-corrected chi connectivity index (χ1v) is 19.2. The molecule has 2 aromatic heterocycles. The summed E-state index contributed by atoms with van der Waals surface area (Å²) in [6.45, 7) is 5.89. The minimum absolute atomic E-state index is 0.0129. The molecule has 0 fully saturated rings. The molecule has 1 unspecified atom stereocenters. The molecule has 0 spiro atoms. The largest absolute Gasteiger partial charge is 0.573 e. The molecule has 0 saturated carbocycles. The number of rotatable bonds is 13. The van der Waals surface area contributed by atoms with Gasteiger partial charge in [0.05, 0.1) is 29.3 Å². The van der Waals surface area contributed by atoms with Gasteiger partial charge in [-0.05, 0) is 90.7 Å². The maximum absolute atomic E-state index is 12.9. The standard InChI is InChI=1S/C31H32ClF3IN8O4P/c1-30(2,3)48-29(46)43(18-19-5-6-27(24(32)11-19)47-31(33,34)35)10-7-28(45)39-9-4-8-38-25-13-20(21-12-22(15-37)42-40-16-21)14-26-23(25)17-41-44(26)49-36/h5-6,11-14,16-17,38,49H,4,7-10,18H2,1-3H3,(H,39,45). The Balaban J connectivity index is 1.34. The second kappa shape index (κ2) is 16.6. The second-order valence-electron chi connectivity index (χ2n) is 11.6. The number of ether oxygens (including phenoxy) is 2. The molecule has 0 aliphatic heterocycles. The average molecular weight is 831 g/mol. The van der Waals surface area contributed by atoms with Crippen molar-refractivity contribution in [1.29, 1.82) is 5.26 Å². The summed E-state index contributed by atoms with van der Waals surface area (Å²) >= 11 is 8.24. The number of fused-ring (bicyclic) bond motifs is 1. The zero-order valence-corrected chi connectivity index (χ0v) is 30.5. The third-order valence-corrected chi connectivity index (χ3v) is 8.90. The molecule has 2 heterocycles. The van der Waals surface area contributed by atoms with Crippen LogP contribution in [0.3, 0.4) is 0 Å². The van der Waals surface area contributed by atoms with Crippen LogP contribution in [-0.4, -0.2) is 68.2 Å². The third kappa shape index (κ3) is 11.3. The molecule has 260 valence electrons. The SMILES string of the molecule is CC(C)(C)OC(=O)N(CCC(=O)NCCCNc1cc(-c2cnnc(C#N)c2)cc2c1cnn2PI)Cc1ccc(OC(F)(F)F)c(Cl)c1. The lowest BCUT2D eigenvalue weighted by Gasteiger charge is -2.27. The molecule has 0 aliphatic rings. The number of nitriles is 1. The van der Waals surface area contributed by atoms with E-state index in [4.69, 9.17) is 16.3 Å². The molecule has 12 nitrogen and oxygen atoms in total. The van der Waals surface area contributed by atoms with Gasteiger partial charge < -0.3 is 25.0 Å². The molecule has 18 heteroatoms. The van der Waals surface area contributed by atoms with Gasteiger partial charge in [-0.3, -0.25) is 4.79 Å². The molecule has 2 aromatic carbocycles. The van der Waals surface area contributed by atoms with Gasteiger partial charge in [-0.25, -0.2) is 9.25 Å². The Morgan fingerprint density at radius 2 is 1.90 bits per heavy atom. The van der Waals surface area contributed by atoms with Gasteiger partial charge in [0.25, 0.3) is 0 Å². The first-order chi connectivity index (χ1) is 23.2. The predicted octanol–water partition coefficient (Wildman–Crippen LogP) is 7.45. The number of anilines is 1. The fourth-order valence-electron chi connectivity index (χ4n) is 4.58. The summed E-state index contributed by atoms with van der Waals surface area (Å²) in [6.07, 6.45) is -1.30. The summed E-state index contributed by atoms with van der Waals surface area (Å²) in [5, 5.41) is 28.4. The van der Waals surface area contributed by atoms with Crippen LogP contribution < -0.4 is 15.4 Å². The van der Waals surface area contributed by atoms with Gasteiger partial charge in [0.2, 0.25) is 5.91 Å². The van der Waals surface area contributed by atoms with Crippen LogP contribution in [-0.2, 0) is 16.1 Å². The van der Waals surface area contributed by atoms with Crippen molar-refractivity contribution in [3.63, 3.8) is 0 Å². The Labute approximate surface area is 300 Å². The molecule has 49 heavy (non-hydrogen) atoms. The Morgan fingerprint density at radius 3 is 2.57 bits per heavy atom. The smallest absolute Gasteiger partial charge is 0.444 e. The van der Waals surface area contributed by atoms with Crippen LogP contribution in [0.5, 0.6) is 5.75 Å². The van der Waals surface area contributed by atoms with Crippen molar-refractivity contribution in [1.82, 2.24) is 30.0 Å². The molecule has 1 atom stereocenters. The Kier molecular flexibility index (Phi) is 12.9. The zero-order chi connectivity index (χ0) is 35.8. The van der Waals surface area contributed by atoms with Gasteiger partial charge in [0.1, 0.15) is 17.4 Å². The number of carbonyl (C=O) groups is 2. The van der Waals surface area contributed by atoms with E-state index in [1.807, 2.05) is 22.7 Å². The van der Waals surface area contributed by atoms with Gasteiger partial charge >= 0.3 is 12.5 Å². The summed E-state index contributed by atoms with van der Waals surface area (Å²) in [5.74, 6) is -0.864. The van der Waals surface area contributed by atoms with Gasteiger partial charge in [-0.2, -0.15) is 15.5 Å². The normalized spacial score (nSPS) is 11.8. The van der Waals surface area contributed by atoms with E-state index in [-0.39, 0.29) is 36.1 Å². The van der Waals surface area contributed by atoms with Crippen LogP contribution in [0.1, 0.15) is 44.9 Å². The highest BCUT2D eigenvalue weighted by molar-refractivity contribution is 14.2. The maximum atomic E-state index is 12.9. The van der Waals surface area contributed by atoms with Crippen molar-refractivity contribution in [2.75, 3.05) is 25.0 Å². The summed E-state index contributed by atoms with van der Waals surface area (Å²) in [7, 11) is 0. The van der Waals surface area contributed by atoms with E-state index < -0.39 is 23.8 Å². The lowest BCUT2D eigenvalue weighted by atomic mass is 10.0. The maximum Gasteiger partial charge on any atom is 0.573 e. The van der Waals surface area contributed by atoms with Crippen molar-refractivity contribution in [3.05, 3.63) is 65.1 Å². The number of carbonyl (C=O) groups excluding carboxylic acids is 2. The van der Waals surface area contributed by atoms with Gasteiger partial charge in [-0.1, -0.05) is 17.7 Å². The van der Waals surface area contributed by atoms with Crippen LogP contribution in [0.2, 0.25) is 5.02 Å². The highest BCUT2D eigenvalue weighted by atomic mass is 127. The number of alkyl halides is 3. The molecule has 0 radical (unpaired) electrons. The van der Waals surface area contributed by atoms with Crippen LogP contribution in [0.15, 0.2) is 48.8 Å². The van der Waals surface area contributed by atoms with Gasteiger partial charge in [0.15, 0.2) is 5.69 Å². The Bertz CT molecular complexity index is 1850. The highest BCUT2D eigenvalue weighted by Gasteiger charge is 2.32. The minimum Gasteiger partial charge on any atom is -0.444 e. The van der Waals surface area contributed by atoms with Crippen molar-refractivity contribution in [2.45, 2.75) is 52.1 Å². The van der Waals surface area contributed by atoms with Crippen LogP contribution >= 0.6 is 40.0 Å². The number of nitrogens with zero attached hydrogens (tertiary/aromatic N) is 6. The number of halogens is 5. The number of benzene rings is 2. The first kappa shape index (κ1) is 37.9. The summed E-state index contributed by atoms with van der Waals surface area (Å²) in [6, 6.07) is 11.3. The monoisotopic (exact) mass is 830 g/mol. The molecule has 0 bridgehead atoms. The van der Waals surface area contributed by atoms with Crippen LogP contribution in [0.4, 0.5) is 23.7 Å². The van der Waals surface area contributed by atoms with E-state index >= 15 is 0 Å². The topological polar surface area (TPSA) is 147 Å². The zero-order valence-electron chi connectivity index (χ0n) is 26.6. The van der Waals surface area contributed by atoms with Crippen LogP contribution in [0.25, 0.3) is 22.0 Å². The molecule has 2 N–H and O–H groups in total. The summed E-state index contributed by atoms with van der Waals surface area (Å²) in [4.78, 5) is 27.0. The number of nitrogens with one attached hydrogen (secondary N) is 2.